The SMILES string of the molecule is Cc1nc(NC(=O)CCc2c(C)nc3ncnn3c2C)ns1. The summed E-state index contributed by atoms with van der Waals surface area (Å²) in [5, 5.41) is 7.66. The molecule has 0 unspecified atom stereocenters. The number of aromatic nitrogens is 6. The highest BCUT2D eigenvalue weighted by Crippen LogP contribution is 2.15. The first-order valence-corrected chi connectivity index (χ1v) is 7.58. The maximum atomic E-state index is 12.0. The summed E-state index contributed by atoms with van der Waals surface area (Å²) in [5.74, 6) is 0.825. The van der Waals surface area contributed by atoms with E-state index in [-0.39, 0.29) is 5.91 Å². The third kappa shape index (κ3) is 2.80. The molecule has 0 fully saturated rings. The molecule has 3 aromatic heterocycles. The Hall–Kier alpha value is -2.42. The molecular weight excluding hydrogens is 302 g/mol. The molecule has 1 N–H and O–H groups in total. The topological polar surface area (TPSA) is 98.0 Å². The van der Waals surface area contributed by atoms with E-state index in [9.17, 15) is 4.79 Å². The Labute approximate surface area is 130 Å². The zero-order valence-electron chi connectivity index (χ0n) is 12.5. The van der Waals surface area contributed by atoms with Crippen LogP contribution in [0.25, 0.3) is 5.78 Å². The predicted molar refractivity (Wildman–Crippen MR) is 81.9 cm³/mol. The number of amides is 1. The average molecular weight is 317 g/mol. The molecular formula is C13H15N7OS. The average Bonchev–Trinajstić information content (AvgIpc) is 3.07. The summed E-state index contributed by atoms with van der Waals surface area (Å²) < 4.78 is 5.73. The van der Waals surface area contributed by atoms with Gasteiger partial charge in [0.05, 0.1) is 0 Å². The summed E-state index contributed by atoms with van der Waals surface area (Å²) in [7, 11) is 0. The van der Waals surface area contributed by atoms with Crippen molar-refractivity contribution in [3.63, 3.8) is 0 Å². The number of nitrogens with zero attached hydrogens (tertiary/aromatic N) is 6. The summed E-state index contributed by atoms with van der Waals surface area (Å²) in [6.07, 6.45) is 2.39. The number of nitrogens with one attached hydrogen (secondary N) is 1. The minimum atomic E-state index is -0.115. The molecule has 0 spiro atoms. The van der Waals surface area contributed by atoms with Crippen molar-refractivity contribution in [2.45, 2.75) is 33.6 Å². The summed E-state index contributed by atoms with van der Waals surface area (Å²) in [6, 6.07) is 0. The second-order valence-electron chi connectivity index (χ2n) is 4.92. The summed E-state index contributed by atoms with van der Waals surface area (Å²) in [5.41, 5.74) is 2.83. The van der Waals surface area contributed by atoms with Crippen molar-refractivity contribution in [2.75, 3.05) is 5.32 Å². The van der Waals surface area contributed by atoms with Crippen LogP contribution in [-0.4, -0.2) is 34.8 Å². The van der Waals surface area contributed by atoms with Gasteiger partial charge in [0.15, 0.2) is 0 Å². The molecule has 1 amide bonds. The molecule has 0 radical (unpaired) electrons. The van der Waals surface area contributed by atoms with Crippen LogP contribution in [0.15, 0.2) is 6.33 Å². The number of rotatable bonds is 4. The van der Waals surface area contributed by atoms with E-state index in [1.807, 2.05) is 20.8 Å². The molecule has 8 nitrogen and oxygen atoms in total. The molecule has 3 aromatic rings. The van der Waals surface area contributed by atoms with E-state index in [0.717, 1.165) is 22.0 Å². The molecule has 0 aliphatic rings. The summed E-state index contributed by atoms with van der Waals surface area (Å²) in [4.78, 5) is 24.6. The van der Waals surface area contributed by atoms with Crippen LogP contribution >= 0.6 is 11.5 Å². The smallest absolute Gasteiger partial charge is 0.252 e. The number of fused-ring (bicyclic) bond motifs is 1. The van der Waals surface area contributed by atoms with Crippen LogP contribution in [0.1, 0.15) is 28.4 Å². The van der Waals surface area contributed by atoms with E-state index in [1.165, 1.54) is 17.9 Å². The number of carbonyl (C=O) groups is 1. The van der Waals surface area contributed by atoms with Gasteiger partial charge < -0.3 is 0 Å². The number of aryl methyl sites for hydroxylation is 3. The zero-order valence-corrected chi connectivity index (χ0v) is 13.3. The van der Waals surface area contributed by atoms with Gasteiger partial charge in [-0.15, -0.1) is 0 Å². The van der Waals surface area contributed by atoms with Crippen molar-refractivity contribution < 1.29 is 4.79 Å². The molecule has 0 aliphatic heterocycles. The van der Waals surface area contributed by atoms with Gasteiger partial charge in [-0.05, 0) is 44.3 Å². The van der Waals surface area contributed by atoms with Crippen molar-refractivity contribution in [1.82, 2.24) is 28.9 Å². The van der Waals surface area contributed by atoms with Crippen LogP contribution in [0.2, 0.25) is 0 Å². The molecule has 3 rings (SSSR count). The van der Waals surface area contributed by atoms with Gasteiger partial charge >= 0.3 is 0 Å². The lowest BCUT2D eigenvalue weighted by atomic mass is 10.1. The van der Waals surface area contributed by atoms with Gasteiger partial charge in [-0.25, -0.2) is 14.5 Å². The lowest BCUT2D eigenvalue weighted by Gasteiger charge is -2.09. The summed E-state index contributed by atoms with van der Waals surface area (Å²) >= 11 is 1.26. The predicted octanol–water partition coefficient (Wildman–Crippen LogP) is 1.47. The Kier molecular flexibility index (Phi) is 3.80. The first kappa shape index (κ1) is 14.5. The zero-order chi connectivity index (χ0) is 15.7. The Morgan fingerprint density at radius 3 is 2.86 bits per heavy atom. The number of hydrogen-bond donors (Lipinski definition) is 1. The van der Waals surface area contributed by atoms with Crippen molar-refractivity contribution in [1.29, 1.82) is 0 Å². The van der Waals surface area contributed by atoms with Gasteiger partial charge in [0.25, 0.3) is 5.78 Å². The van der Waals surface area contributed by atoms with E-state index in [1.54, 1.807) is 4.52 Å². The van der Waals surface area contributed by atoms with Crippen molar-refractivity contribution in [3.8, 4) is 0 Å². The standard InChI is InChI=1S/C13H15N7OS/c1-7-10(8(2)20-13(16-7)14-6-15-20)4-5-11(21)18-12-17-9(3)22-19-12/h6H,4-5H2,1-3H3,(H,18,19,21). The van der Waals surface area contributed by atoms with Gasteiger partial charge in [-0.2, -0.15) is 14.5 Å². The maximum absolute atomic E-state index is 12.0. The Bertz CT molecular complexity index is 838. The molecule has 0 saturated heterocycles. The Balaban J connectivity index is 1.72. The third-order valence-corrected chi connectivity index (χ3v) is 3.99. The van der Waals surface area contributed by atoms with Gasteiger partial charge in [-0.3, -0.25) is 10.1 Å². The van der Waals surface area contributed by atoms with Crippen molar-refractivity contribution in [3.05, 3.63) is 28.3 Å². The van der Waals surface area contributed by atoms with Crippen molar-refractivity contribution >= 4 is 29.2 Å². The first-order chi connectivity index (χ1) is 10.5. The lowest BCUT2D eigenvalue weighted by molar-refractivity contribution is -0.116. The Morgan fingerprint density at radius 1 is 1.32 bits per heavy atom. The normalized spacial score (nSPS) is 11.0. The fourth-order valence-electron chi connectivity index (χ4n) is 2.29. The quantitative estimate of drug-likeness (QED) is 0.782. The fraction of sp³-hybridized carbons (Fsp3) is 0.385. The second-order valence-corrected chi connectivity index (χ2v) is 5.87. The minimum absolute atomic E-state index is 0.115. The van der Waals surface area contributed by atoms with Gasteiger partial charge in [0, 0.05) is 17.8 Å². The first-order valence-electron chi connectivity index (χ1n) is 6.80. The Morgan fingerprint density at radius 2 is 2.14 bits per heavy atom. The lowest BCUT2D eigenvalue weighted by Crippen LogP contribution is -2.15. The molecule has 114 valence electrons. The molecule has 0 atom stereocenters. The van der Waals surface area contributed by atoms with Crippen LogP contribution in [0, 0.1) is 20.8 Å². The van der Waals surface area contributed by atoms with Crippen molar-refractivity contribution in [2.24, 2.45) is 0 Å². The highest BCUT2D eigenvalue weighted by atomic mass is 32.1. The fourth-order valence-corrected chi connectivity index (χ4v) is 2.73. The van der Waals surface area contributed by atoms with Gasteiger partial charge in [0.1, 0.15) is 11.3 Å². The molecule has 0 aromatic carbocycles. The van der Waals surface area contributed by atoms with E-state index in [2.05, 4.69) is 29.7 Å². The number of anilines is 1. The van der Waals surface area contributed by atoms with Crippen LogP contribution < -0.4 is 5.32 Å². The molecule has 3 heterocycles. The van der Waals surface area contributed by atoms with Crippen LogP contribution in [0.5, 0.6) is 0 Å². The maximum Gasteiger partial charge on any atom is 0.252 e. The molecule has 0 aliphatic carbocycles. The van der Waals surface area contributed by atoms with E-state index in [0.29, 0.717) is 24.6 Å². The van der Waals surface area contributed by atoms with Crippen LogP contribution in [0.3, 0.4) is 0 Å². The monoisotopic (exact) mass is 317 g/mol. The third-order valence-electron chi connectivity index (χ3n) is 3.37. The molecule has 0 saturated carbocycles. The second kappa shape index (κ2) is 5.76. The molecule has 22 heavy (non-hydrogen) atoms. The van der Waals surface area contributed by atoms with E-state index in [4.69, 9.17) is 0 Å². The molecule has 9 heteroatoms. The highest BCUT2D eigenvalue weighted by molar-refractivity contribution is 7.05. The van der Waals surface area contributed by atoms with E-state index >= 15 is 0 Å². The number of hydrogen-bond acceptors (Lipinski definition) is 7. The van der Waals surface area contributed by atoms with Crippen LogP contribution in [-0.2, 0) is 11.2 Å². The van der Waals surface area contributed by atoms with Gasteiger partial charge in [0.2, 0.25) is 11.9 Å². The minimum Gasteiger partial charge on any atom is -0.294 e. The van der Waals surface area contributed by atoms with Crippen LogP contribution in [0.4, 0.5) is 5.95 Å². The largest absolute Gasteiger partial charge is 0.294 e. The highest BCUT2D eigenvalue weighted by Gasteiger charge is 2.13. The van der Waals surface area contributed by atoms with Gasteiger partial charge in [-0.1, -0.05) is 0 Å². The molecule has 0 bridgehead atoms. The summed E-state index contributed by atoms with van der Waals surface area (Å²) in [6.45, 7) is 5.72. The number of carbonyl (C=O) groups excluding carboxylic acids is 1. The van der Waals surface area contributed by atoms with E-state index < -0.39 is 0 Å².